The van der Waals surface area contributed by atoms with Crippen molar-refractivity contribution in [3.8, 4) is 11.4 Å². The second kappa shape index (κ2) is 10.9. The van der Waals surface area contributed by atoms with E-state index in [0.717, 1.165) is 29.8 Å². The number of benzene rings is 2. The molecule has 3 aromatic rings. The van der Waals surface area contributed by atoms with Gasteiger partial charge in [0.1, 0.15) is 5.75 Å². The lowest BCUT2D eigenvalue weighted by atomic mass is 9.92. The van der Waals surface area contributed by atoms with E-state index >= 15 is 0 Å². The number of aryl methyl sites for hydroxylation is 1. The Hall–Kier alpha value is -3.99. The number of nitrogens with zero attached hydrogens (tertiary/aromatic N) is 2. The van der Waals surface area contributed by atoms with Crippen LogP contribution in [0.5, 0.6) is 5.75 Å². The van der Waals surface area contributed by atoms with Gasteiger partial charge in [0.05, 0.1) is 17.2 Å². The van der Waals surface area contributed by atoms with Crippen LogP contribution in [0.3, 0.4) is 0 Å². The number of carbonyl (C=O) groups is 2. The Labute approximate surface area is 229 Å². The van der Waals surface area contributed by atoms with Crippen LogP contribution in [0, 0.1) is 6.92 Å². The molecule has 212 valence electrons. The number of alkyl halides is 3. The zero-order valence-corrected chi connectivity index (χ0v) is 22.0. The third-order valence-electron chi connectivity index (χ3n) is 7.55. The fourth-order valence-electron chi connectivity index (χ4n) is 5.58. The van der Waals surface area contributed by atoms with Crippen LogP contribution in [-0.2, 0) is 13.0 Å². The number of nitrogens with two attached hydrogens (primary N) is 1. The second-order valence-electron chi connectivity index (χ2n) is 10.4. The Morgan fingerprint density at radius 3 is 2.48 bits per heavy atom. The number of primary amides is 1. The molecule has 1 aliphatic heterocycles. The average Bonchev–Trinajstić information content (AvgIpc) is 3.24. The first-order chi connectivity index (χ1) is 19.0. The predicted octanol–water partition coefficient (Wildman–Crippen LogP) is 4.70. The van der Waals surface area contributed by atoms with Crippen LogP contribution in [0.4, 0.5) is 18.9 Å². The van der Waals surface area contributed by atoms with Crippen LogP contribution >= 0.6 is 0 Å². The van der Waals surface area contributed by atoms with Gasteiger partial charge in [-0.05, 0) is 74.1 Å². The maximum absolute atomic E-state index is 13.5. The van der Waals surface area contributed by atoms with Crippen LogP contribution in [0.2, 0.25) is 0 Å². The molecule has 8 nitrogen and oxygen atoms in total. The smallest absolute Gasteiger partial charge is 0.406 e. The standard InChI is InChI=1S/C29H31F3N4O4/c1-17-15-36(20-6-11-23(27(33)38)24(14-20)34-19-4-7-21(37)8-5-19)25-12-13-35(28(39)26(17)25)16-18-2-9-22(10-3-18)40-29(30,31)32/h2-3,6,9-11,14-15,19,21,34,37H,4-5,7-8,12-13,16H2,1H3,(H2,33,38). The molecule has 1 saturated carbocycles. The van der Waals surface area contributed by atoms with Crippen molar-refractivity contribution in [3.05, 3.63) is 76.6 Å². The van der Waals surface area contributed by atoms with Crippen molar-refractivity contribution in [3.63, 3.8) is 0 Å². The summed E-state index contributed by atoms with van der Waals surface area (Å²) in [5.74, 6) is -1.01. The summed E-state index contributed by atoms with van der Waals surface area (Å²) in [6.45, 7) is 2.56. The lowest BCUT2D eigenvalue weighted by Crippen LogP contribution is -2.37. The summed E-state index contributed by atoms with van der Waals surface area (Å²) < 4.78 is 43.3. The number of fused-ring (bicyclic) bond motifs is 1. The second-order valence-corrected chi connectivity index (χ2v) is 10.4. The van der Waals surface area contributed by atoms with Gasteiger partial charge in [-0.15, -0.1) is 13.2 Å². The van der Waals surface area contributed by atoms with Crippen LogP contribution in [0.15, 0.2) is 48.7 Å². The third kappa shape index (κ3) is 5.94. The van der Waals surface area contributed by atoms with E-state index in [1.165, 1.54) is 24.3 Å². The number of hydrogen-bond donors (Lipinski definition) is 3. The van der Waals surface area contributed by atoms with E-state index in [1.807, 2.05) is 23.8 Å². The molecule has 0 spiro atoms. The molecule has 2 amide bonds. The summed E-state index contributed by atoms with van der Waals surface area (Å²) in [7, 11) is 0. The minimum absolute atomic E-state index is 0.112. The maximum Gasteiger partial charge on any atom is 0.573 e. The van der Waals surface area contributed by atoms with Crippen LogP contribution in [0.25, 0.3) is 5.69 Å². The van der Waals surface area contributed by atoms with E-state index in [9.17, 15) is 27.9 Å². The molecule has 0 saturated heterocycles. The van der Waals surface area contributed by atoms with Gasteiger partial charge in [-0.3, -0.25) is 9.59 Å². The van der Waals surface area contributed by atoms with Crippen molar-refractivity contribution >= 4 is 17.5 Å². The summed E-state index contributed by atoms with van der Waals surface area (Å²) in [6, 6.07) is 11.0. The highest BCUT2D eigenvalue weighted by atomic mass is 19.4. The van der Waals surface area contributed by atoms with Gasteiger partial charge in [-0.1, -0.05) is 12.1 Å². The molecule has 4 N–H and O–H groups in total. The third-order valence-corrected chi connectivity index (χ3v) is 7.55. The fraction of sp³-hybridized carbons (Fsp3) is 0.379. The first kappa shape index (κ1) is 27.6. The van der Waals surface area contributed by atoms with Gasteiger partial charge in [-0.2, -0.15) is 0 Å². The van der Waals surface area contributed by atoms with E-state index in [2.05, 4.69) is 10.1 Å². The molecule has 0 atom stereocenters. The predicted molar refractivity (Wildman–Crippen MR) is 142 cm³/mol. The van der Waals surface area contributed by atoms with Gasteiger partial charge in [0.15, 0.2) is 0 Å². The molecule has 2 heterocycles. The van der Waals surface area contributed by atoms with E-state index in [1.54, 1.807) is 17.0 Å². The van der Waals surface area contributed by atoms with Crippen molar-refractivity contribution in [1.82, 2.24) is 9.47 Å². The molecule has 2 aliphatic rings. The number of anilines is 1. The molecule has 1 aromatic heterocycles. The Balaban J connectivity index is 1.37. The molecule has 1 fully saturated rings. The van der Waals surface area contributed by atoms with Crippen molar-refractivity contribution in [2.24, 2.45) is 5.73 Å². The number of aliphatic hydroxyl groups is 1. The topological polar surface area (TPSA) is 110 Å². The highest BCUT2D eigenvalue weighted by Gasteiger charge is 2.32. The zero-order valence-electron chi connectivity index (χ0n) is 22.0. The summed E-state index contributed by atoms with van der Waals surface area (Å²) in [5, 5.41) is 13.3. The van der Waals surface area contributed by atoms with Crippen molar-refractivity contribution in [2.45, 2.75) is 64.1 Å². The number of carbonyl (C=O) groups excluding carboxylic acids is 2. The minimum atomic E-state index is -4.76. The number of aromatic nitrogens is 1. The van der Waals surface area contributed by atoms with Crippen molar-refractivity contribution < 1.29 is 32.6 Å². The summed E-state index contributed by atoms with van der Waals surface area (Å²) in [4.78, 5) is 27.3. The maximum atomic E-state index is 13.5. The zero-order chi connectivity index (χ0) is 28.6. The van der Waals surface area contributed by atoms with Gasteiger partial charge in [0.2, 0.25) is 0 Å². The molecule has 2 aromatic carbocycles. The SMILES string of the molecule is Cc1cn(-c2ccc(C(N)=O)c(NC3CCC(O)CC3)c2)c2c1C(=O)N(Cc1ccc(OC(F)(F)F)cc1)CC2. The lowest BCUT2D eigenvalue weighted by molar-refractivity contribution is -0.274. The number of hydrogen-bond acceptors (Lipinski definition) is 5. The minimum Gasteiger partial charge on any atom is -0.406 e. The highest BCUT2D eigenvalue weighted by molar-refractivity contribution is 5.99. The number of nitrogens with one attached hydrogen (secondary N) is 1. The van der Waals surface area contributed by atoms with E-state index < -0.39 is 12.3 Å². The van der Waals surface area contributed by atoms with Crippen molar-refractivity contribution in [1.29, 1.82) is 0 Å². The lowest BCUT2D eigenvalue weighted by Gasteiger charge is -2.29. The molecule has 0 bridgehead atoms. The Morgan fingerprint density at radius 2 is 1.82 bits per heavy atom. The molecule has 5 rings (SSSR count). The monoisotopic (exact) mass is 556 g/mol. The average molecular weight is 557 g/mol. The number of rotatable bonds is 7. The molecular weight excluding hydrogens is 525 g/mol. The number of halogens is 3. The van der Waals surface area contributed by atoms with Gasteiger partial charge in [0.25, 0.3) is 11.8 Å². The quantitative estimate of drug-likeness (QED) is 0.391. The van der Waals surface area contributed by atoms with Gasteiger partial charge >= 0.3 is 6.36 Å². The van der Waals surface area contributed by atoms with Crippen LogP contribution in [0.1, 0.15) is 63.2 Å². The van der Waals surface area contributed by atoms with Crippen LogP contribution < -0.4 is 15.8 Å². The number of ether oxygens (including phenoxy) is 1. The summed E-state index contributed by atoms with van der Waals surface area (Å²) in [5.41, 5.74) is 10.4. The van der Waals surface area contributed by atoms with E-state index in [4.69, 9.17) is 5.73 Å². The number of aliphatic hydroxyl groups excluding tert-OH is 1. The highest BCUT2D eigenvalue weighted by Crippen LogP contribution is 2.31. The first-order valence-corrected chi connectivity index (χ1v) is 13.2. The van der Waals surface area contributed by atoms with Gasteiger partial charge < -0.3 is 30.4 Å². The Bertz CT molecular complexity index is 1410. The summed E-state index contributed by atoms with van der Waals surface area (Å²) in [6.07, 6.45) is 0.361. The largest absolute Gasteiger partial charge is 0.573 e. The first-order valence-electron chi connectivity index (χ1n) is 13.2. The molecule has 1 aliphatic carbocycles. The van der Waals surface area contributed by atoms with E-state index in [-0.39, 0.29) is 30.3 Å². The molecule has 11 heteroatoms. The normalized spacial score (nSPS) is 19.3. The van der Waals surface area contributed by atoms with Crippen LogP contribution in [-0.4, -0.2) is 51.4 Å². The Morgan fingerprint density at radius 1 is 1.12 bits per heavy atom. The fourth-order valence-corrected chi connectivity index (χ4v) is 5.58. The van der Waals surface area contributed by atoms with Gasteiger partial charge in [0, 0.05) is 48.8 Å². The molecular formula is C29H31F3N4O4. The molecule has 0 radical (unpaired) electrons. The summed E-state index contributed by atoms with van der Waals surface area (Å²) >= 11 is 0. The molecule has 40 heavy (non-hydrogen) atoms. The van der Waals surface area contributed by atoms with Crippen molar-refractivity contribution in [2.75, 3.05) is 11.9 Å². The van der Waals surface area contributed by atoms with E-state index in [0.29, 0.717) is 48.2 Å². The molecule has 0 unspecified atom stereocenters. The van der Waals surface area contributed by atoms with Gasteiger partial charge in [-0.25, -0.2) is 0 Å². The Kier molecular flexibility index (Phi) is 7.50. The number of amides is 2.